The molecule has 0 saturated carbocycles. The second-order valence-corrected chi connectivity index (χ2v) is 16.9. The molecule has 2 heteroatoms. The number of ketones is 1. The number of benzene rings is 1. The summed E-state index contributed by atoms with van der Waals surface area (Å²) in [5.74, 6) is 7.22. The van der Waals surface area contributed by atoms with E-state index in [4.69, 9.17) is 0 Å². The van der Waals surface area contributed by atoms with Crippen molar-refractivity contribution >= 4 is 25.1 Å². The van der Waals surface area contributed by atoms with E-state index in [1.807, 2.05) is 36.4 Å². The summed E-state index contributed by atoms with van der Waals surface area (Å²) in [6.45, 7) is 1.67. The molecule has 0 heterocycles. The Morgan fingerprint density at radius 2 is 1.75 bits per heavy atom. The van der Waals surface area contributed by atoms with Gasteiger partial charge in [0.25, 0.3) is 0 Å². The topological polar surface area (TPSA) is 17.1 Å². The van der Waals surface area contributed by atoms with Crippen molar-refractivity contribution in [1.29, 1.82) is 0 Å². The summed E-state index contributed by atoms with van der Waals surface area (Å²) in [5, 5.41) is 1.00. The second kappa shape index (κ2) is 5.49. The van der Waals surface area contributed by atoms with Gasteiger partial charge in [-0.1, -0.05) is 0 Å². The third-order valence-corrected chi connectivity index (χ3v) is 5.34. The van der Waals surface area contributed by atoms with Gasteiger partial charge in [0.1, 0.15) is 0 Å². The van der Waals surface area contributed by atoms with E-state index >= 15 is 0 Å². The van der Waals surface area contributed by atoms with E-state index in [0.717, 1.165) is 16.4 Å². The summed E-state index contributed by atoms with van der Waals surface area (Å²) in [4.78, 5) is 11.6. The van der Waals surface area contributed by atoms with Crippen molar-refractivity contribution in [3.8, 4) is 0 Å². The van der Waals surface area contributed by atoms with Crippen LogP contribution in [0.25, 0.3) is 6.08 Å². The molecule has 0 aliphatic heterocycles. The number of Topliss-reactive ketones (excluding diaryl/α,β-unsaturated/α-hetero) is 1. The maximum absolute atomic E-state index is 11.6. The van der Waals surface area contributed by atoms with Crippen molar-refractivity contribution in [1.82, 2.24) is 0 Å². The Morgan fingerprint density at radius 1 is 1.19 bits per heavy atom. The SMILES string of the molecule is CC(=O)/C(=C/c1ccccc1)[CH2][Ge]([CH3])([CH3])[CH3]. The van der Waals surface area contributed by atoms with Crippen molar-refractivity contribution in [2.24, 2.45) is 0 Å². The standard InChI is InChI=1S/C14H20GeO/c1-12(16)14(11-15(2,3)4)10-13-8-6-5-7-9-13/h5-10H,11H2,1-4H3/b14-10+. The zero-order valence-electron chi connectivity index (χ0n) is 10.6. The van der Waals surface area contributed by atoms with Gasteiger partial charge < -0.3 is 0 Å². The molecule has 0 bridgehead atoms. The average molecular weight is 277 g/mol. The van der Waals surface area contributed by atoms with Gasteiger partial charge in [-0.05, 0) is 0 Å². The van der Waals surface area contributed by atoms with Crippen LogP contribution < -0.4 is 0 Å². The van der Waals surface area contributed by atoms with Gasteiger partial charge >= 0.3 is 101 Å². The van der Waals surface area contributed by atoms with Crippen LogP contribution in [0.3, 0.4) is 0 Å². The number of hydrogen-bond donors (Lipinski definition) is 0. The van der Waals surface area contributed by atoms with Crippen LogP contribution in [-0.4, -0.2) is 19.0 Å². The molecule has 0 amide bonds. The van der Waals surface area contributed by atoms with Crippen LogP contribution >= 0.6 is 0 Å². The molecule has 0 aliphatic carbocycles. The van der Waals surface area contributed by atoms with Crippen molar-refractivity contribution in [2.45, 2.75) is 29.4 Å². The third kappa shape index (κ3) is 4.80. The average Bonchev–Trinajstić information content (AvgIpc) is 2.16. The van der Waals surface area contributed by atoms with E-state index in [1.165, 1.54) is 0 Å². The summed E-state index contributed by atoms with van der Waals surface area (Å²) in [6, 6.07) is 10.1. The van der Waals surface area contributed by atoms with Gasteiger partial charge in [0.2, 0.25) is 0 Å². The van der Waals surface area contributed by atoms with Gasteiger partial charge in [0.05, 0.1) is 0 Å². The zero-order chi connectivity index (χ0) is 12.2. The molecule has 0 spiro atoms. The molecule has 0 atom stereocenters. The van der Waals surface area contributed by atoms with Gasteiger partial charge in [0, 0.05) is 0 Å². The van der Waals surface area contributed by atoms with E-state index in [9.17, 15) is 4.79 Å². The number of rotatable bonds is 4. The second-order valence-electron chi connectivity index (χ2n) is 5.37. The third-order valence-electron chi connectivity index (χ3n) is 2.31. The molecule has 1 rings (SSSR count). The van der Waals surface area contributed by atoms with Crippen LogP contribution in [0.1, 0.15) is 12.5 Å². The molecule has 0 saturated heterocycles. The van der Waals surface area contributed by atoms with Crippen molar-refractivity contribution in [3.05, 3.63) is 41.5 Å². The first-order chi connectivity index (χ1) is 7.38. The molecule has 86 valence electrons. The van der Waals surface area contributed by atoms with Gasteiger partial charge in [-0.3, -0.25) is 0 Å². The predicted octanol–water partition coefficient (Wildman–Crippen LogP) is 4.00. The van der Waals surface area contributed by atoms with E-state index in [2.05, 4.69) is 17.3 Å². The first kappa shape index (κ1) is 13.2. The van der Waals surface area contributed by atoms with Crippen molar-refractivity contribution in [2.75, 3.05) is 0 Å². The van der Waals surface area contributed by atoms with Crippen LogP contribution in [-0.2, 0) is 4.79 Å². The number of carbonyl (C=O) groups excluding carboxylic acids is 1. The molecule has 0 radical (unpaired) electrons. The Labute approximate surface area is 101 Å². The fourth-order valence-electron chi connectivity index (χ4n) is 1.60. The molecule has 1 aromatic rings. The molecular weight excluding hydrogens is 257 g/mol. The van der Waals surface area contributed by atoms with Crippen LogP contribution in [0.5, 0.6) is 0 Å². The molecule has 0 aliphatic rings. The van der Waals surface area contributed by atoms with Gasteiger partial charge in [-0.15, -0.1) is 0 Å². The maximum atomic E-state index is 11.6. The molecule has 0 N–H and O–H groups in total. The summed E-state index contributed by atoms with van der Waals surface area (Å²) < 4.78 is 0. The minimum atomic E-state index is -1.71. The normalized spacial score (nSPS) is 12.6. The number of hydrogen-bond acceptors (Lipinski definition) is 1. The summed E-state index contributed by atoms with van der Waals surface area (Å²) in [7, 11) is 0. The molecule has 16 heavy (non-hydrogen) atoms. The summed E-state index contributed by atoms with van der Waals surface area (Å²) >= 11 is -1.71. The predicted molar refractivity (Wildman–Crippen MR) is 73.3 cm³/mol. The van der Waals surface area contributed by atoms with E-state index in [0.29, 0.717) is 0 Å². The zero-order valence-corrected chi connectivity index (χ0v) is 12.7. The Balaban J connectivity index is 2.95. The fourth-order valence-corrected chi connectivity index (χ4v) is 4.73. The molecule has 0 fully saturated rings. The Kier molecular flexibility index (Phi) is 4.54. The molecule has 1 aromatic carbocycles. The van der Waals surface area contributed by atoms with E-state index in [-0.39, 0.29) is 5.78 Å². The van der Waals surface area contributed by atoms with E-state index < -0.39 is 13.3 Å². The van der Waals surface area contributed by atoms with Crippen molar-refractivity contribution in [3.63, 3.8) is 0 Å². The first-order valence-corrected chi connectivity index (χ1v) is 13.4. The van der Waals surface area contributed by atoms with Gasteiger partial charge in [-0.25, -0.2) is 0 Å². The Bertz CT molecular complexity index is 385. The van der Waals surface area contributed by atoms with Crippen LogP contribution in [0.15, 0.2) is 35.9 Å². The van der Waals surface area contributed by atoms with Crippen LogP contribution in [0, 0.1) is 0 Å². The molecule has 1 nitrogen and oxygen atoms in total. The van der Waals surface area contributed by atoms with Gasteiger partial charge in [0.15, 0.2) is 0 Å². The number of carbonyl (C=O) groups is 1. The van der Waals surface area contributed by atoms with Gasteiger partial charge in [-0.2, -0.15) is 0 Å². The van der Waals surface area contributed by atoms with Crippen molar-refractivity contribution < 1.29 is 4.79 Å². The quantitative estimate of drug-likeness (QED) is 0.600. The number of allylic oxidation sites excluding steroid dienone is 1. The first-order valence-electron chi connectivity index (χ1n) is 5.65. The monoisotopic (exact) mass is 278 g/mol. The Morgan fingerprint density at radius 3 is 2.19 bits per heavy atom. The van der Waals surface area contributed by atoms with Crippen LogP contribution in [0.4, 0.5) is 0 Å². The minimum absolute atomic E-state index is 0.212. The fraction of sp³-hybridized carbons (Fsp3) is 0.357. The summed E-state index contributed by atoms with van der Waals surface area (Å²) in [6.07, 6.45) is 2.04. The molecule has 0 aromatic heterocycles. The summed E-state index contributed by atoms with van der Waals surface area (Å²) in [5.41, 5.74) is 2.11. The van der Waals surface area contributed by atoms with Crippen LogP contribution in [0.2, 0.25) is 22.5 Å². The molecule has 0 unspecified atom stereocenters. The van der Waals surface area contributed by atoms with E-state index in [1.54, 1.807) is 6.92 Å². The Hall–Kier alpha value is -0.827. The molecular formula is C14H20GeO.